The SMILES string of the molecule is Cc1ncn(CC(=O)N(CCN2CCOCC2)c2nc3c(F)cc(F)cc3s2)c(=O)c1C. The zero-order valence-corrected chi connectivity index (χ0v) is 18.6. The van der Waals surface area contributed by atoms with Crippen LogP contribution in [0.5, 0.6) is 0 Å². The van der Waals surface area contributed by atoms with Crippen molar-refractivity contribution in [2.75, 3.05) is 44.3 Å². The first-order valence-corrected chi connectivity index (χ1v) is 11.0. The average molecular weight is 464 g/mol. The third-order valence-electron chi connectivity index (χ3n) is 5.50. The average Bonchev–Trinajstić information content (AvgIpc) is 3.19. The van der Waals surface area contributed by atoms with Crippen LogP contribution in [0.3, 0.4) is 0 Å². The number of hydrogen-bond acceptors (Lipinski definition) is 7. The molecule has 0 unspecified atom stereocenters. The molecule has 1 amide bonds. The van der Waals surface area contributed by atoms with Crippen molar-refractivity contribution in [1.29, 1.82) is 0 Å². The van der Waals surface area contributed by atoms with E-state index >= 15 is 0 Å². The smallest absolute Gasteiger partial charge is 0.256 e. The molecule has 2 aromatic heterocycles. The Hall–Kier alpha value is -2.76. The van der Waals surface area contributed by atoms with Gasteiger partial charge in [0.25, 0.3) is 5.56 Å². The molecule has 0 spiro atoms. The molecule has 0 radical (unpaired) electrons. The second-order valence-corrected chi connectivity index (χ2v) is 8.63. The van der Waals surface area contributed by atoms with Crippen molar-refractivity contribution in [3.05, 3.63) is 51.7 Å². The molecular formula is C21H23F2N5O3S. The predicted molar refractivity (Wildman–Crippen MR) is 117 cm³/mol. The molecule has 0 atom stereocenters. The number of anilines is 1. The highest BCUT2D eigenvalue weighted by atomic mass is 32.1. The highest BCUT2D eigenvalue weighted by Crippen LogP contribution is 2.31. The summed E-state index contributed by atoms with van der Waals surface area (Å²) in [5.74, 6) is -1.87. The third-order valence-corrected chi connectivity index (χ3v) is 6.52. The monoisotopic (exact) mass is 463 g/mol. The summed E-state index contributed by atoms with van der Waals surface area (Å²) in [5, 5.41) is 0.257. The quantitative estimate of drug-likeness (QED) is 0.557. The second-order valence-electron chi connectivity index (χ2n) is 7.62. The summed E-state index contributed by atoms with van der Waals surface area (Å²) in [5.41, 5.74) is 0.793. The fourth-order valence-corrected chi connectivity index (χ4v) is 4.52. The largest absolute Gasteiger partial charge is 0.379 e. The van der Waals surface area contributed by atoms with Gasteiger partial charge in [0, 0.05) is 43.5 Å². The summed E-state index contributed by atoms with van der Waals surface area (Å²) < 4.78 is 34.8. The number of ether oxygens (including phenoxy) is 1. The number of amides is 1. The number of carbonyl (C=O) groups excluding carboxylic acids is 1. The van der Waals surface area contributed by atoms with Crippen LogP contribution in [0.2, 0.25) is 0 Å². The molecule has 3 heterocycles. The normalized spacial score (nSPS) is 14.8. The number of aryl methyl sites for hydroxylation is 1. The number of fused-ring (bicyclic) bond motifs is 1. The van der Waals surface area contributed by atoms with Crippen LogP contribution in [0.1, 0.15) is 11.3 Å². The molecule has 1 fully saturated rings. The molecule has 32 heavy (non-hydrogen) atoms. The van der Waals surface area contributed by atoms with Crippen LogP contribution in [0, 0.1) is 25.5 Å². The maximum atomic E-state index is 14.2. The van der Waals surface area contributed by atoms with E-state index in [1.165, 1.54) is 21.9 Å². The number of nitrogens with zero attached hydrogens (tertiary/aromatic N) is 5. The third kappa shape index (κ3) is 4.69. The van der Waals surface area contributed by atoms with Gasteiger partial charge in [-0.1, -0.05) is 11.3 Å². The van der Waals surface area contributed by atoms with Gasteiger partial charge in [-0.25, -0.2) is 18.7 Å². The first kappa shape index (κ1) is 22.4. The Kier molecular flexibility index (Phi) is 6.58. The highest BCUT2D eigenvalue weighted by molar-refractivity contribution is 7.22. The van der Waals surface area contributed by atoms with Gasteiger partial charge in [-0.3, -0.25) is 24.0 Å². The molecule has 0 saturated carbocycles. The molecule has 3 aromatic rings. The highest BCUT2D eigenvalue weighted by Gasteiger charge is 2.23. The number of rotatable bonds is 6. The van der Waals surface area contributed by atoms with Crippen LogP contribution in [-0.2, 0) is 16.1 Å². The van der Waals surface area contributed by atoms with Crippen molar-refractivity contribution in [3.8, 4) is 0 Å². The van der Waals surface area contributed by atoms with Crippen LogP contribution < -0.4 is 10.5 Å². The maximum absolute atomic E-state index is 14.2. The summed E-state index contributed by atoms with van der Waals surface area (Å²) in [6.07, 6.45) is 1.34. The van der Waals surface area contributed by atoms with E-state index in [4.69, 9.17) is 4.74 Å². The van der Waals surface area contributed by atoms with Gasteiger partial charge in [-0.15, -0.1) is 0 Å². The summed E-state index contributed by atoms with van der Waals surface area (Å²) in [6, 6.07) is 1.97. The van der Waals surface area contributed by atoms with E-state index in [0.717, 1.165) is 30.5 Å². The standard InChI is InChI=1S/C21H23F2N5O3S/c1-13-14(2)24-12-27(20(13)30)11-18(29)28(4-3-26-5-7-31-8-6-26)21-25-19-16(23)9-15(22)10-17(19)32-21/h9-10,12H,3-8,11H2,1-2H3. The van der Waals surface area contributed by atoms with Crippen molar-refractivity contribution in [1.82, 2.24) is 19.4 Å². The van der Waals surface area contributed by atoms with Gasteiger partial charge in [0.05, 0.1) is 24.2 Å². The van der Waals surface area contributed by atoms with Gasteiger partial charge in [0.2, 0.25) is 5.91 Å². The van der Waals surface area contributed by atoms with Crippen LogP contribution in [0.25, 0.3) is 10.2 Å². The lowest BCUT2D eigenvalue weighted by Crippen LogP contribution is -2.44. The van der Waals surface area contributed by atoms with E-state index < -0.39 is 11.6 Å². The molecule has 1 aromatic carbocycles. The lowest BCUT2D eigenvalue weighted by Gasteiger charge is -2.29. The zero-order chi connectivity index (χ0) is 22.8. The Morgan fingerprint density at radius 2 is 2.00 bits per heavy atom. The minimum atomic E-state index is -0.780. The molecule has 1 aliphatic heterocycles. The topological polar surface area (TPSA) is 80.6 Å². The van der Waals surface area contributed by atoms with Crippen molar-refractivity contribution in [2.45, 2.75) is 20.4 Å². The molecule has 4 rings (SSSR count). The van der Waals surface area contributed by atoms with E-state index in [2.05, 4.69) is 14.9 Å². The van der Waals surface area contributed by atoms with E-state index in [1.54, 1.807) is 13.8 Å². The molecule has 170 valence electrons. The molecule has 0 bridgehead atoms. The fraction of sp³-hybridized carbons (Fsp3) is 0.429. The number of halogens is 2. The summed E-state index contributed by atoms with van der Waals surface area (Å²) >= 11 is 1.04. The van der Waals surface area contributed by atoms with Crippen molar-refractivity contribution < 1.29 is 18.3 Å². The van der Waals surface area contributed by atoms with Crippen molar-refractivity contribution >= 4 is 32.6 Å². The van der Waals surface area contributed by atoms with Gasteiger partial charge in [-0.2, -0.15) is 0 Å². The first-order chi connectivity index (χ1) is 15.3. The fourth-order valence-electron chi connectivity index (χ4n) is 3.47. The summed E-state index contributed by atoms with van der Waals surface area (Å²) in [6.45, 7) is 6.71. The molecular weight excluding hydrogens is 440 g/mol. The molecule has 1 saturated heterocycles. The Morgan fingerprint density at radius 3 is 2.75 bits per heavy atom. The number of thiazole rings is 1. The zero-order valence-electron chi connectivity index (χ0n) is 17.8. The van der Waals surface area contributed by atoms with Gasteiger partial charge in [0.1, 0.15) is 17.9 Å². The Balaban J connectivity index is 1.64. The van der Waals surface area contributed by atoms with Crippen molar-refractivity contribution in [2.24, 2.45) is 0 Å². The minimum absolute atomic E-state index is 0.0144. The molecule has 0 aliphatic carbocycles. The predicted octanol–water partition coefficient (Wildman–Crippen LogP) is 2.11. The van der Waals surface area contributed by atoms with E-state index in [0.29, 0.717) is 35.7 Å². The lowest BCUT2D eigenvalue weighted by atomic mass is 10.3. The van der Waals surface area contributed by atoms with Crippen LogP contribution in [-0.4, -0.2) is 64.7 Å². The van der Waals surface area contributed by atoms with Crippen LogP contribution in [0.15, 0.2) is 23.3 Å². The summed E-state index contributed by atoms with van der Waals surface area (Å²) in [4.78, 5) is 37.8. The molecule has 8 nitrogen and oxygen atoms in total. The Morgan fingerprint density at radius 1 is 1.25 bits per heavy atom. The minimum Gasteiger partial charge on any atom is -0.379 e. The van der Waals surface area contributed by atoms with E-state index in [9.17, 15) is 18.4 Å². The Bertz CT molecular complexity index is 1210. The van der Waals surface area contributed by atoms with Crippen LogP contribution in [0.4, 0.5) is 13.9 Å². The van der Waals surface area contributed by atoms with Crippen LogP contribution >= 0.6 is 11.3 Å². The number of hydrogen-bond donors (Lipinski definition) is 0. The second kappa shape index (κ2) is 9.39. The number of carbonyl (C=O) groups is 1. The molecule has 11 heteroatoms. The number of benzene rings is 1. The van der Waals surface area contributed by atoms with Gasteiger partial charge in [-0.05, 0) is 19.9 Å². The maximum Gasteiger partial charge on any atom is 0.256 e. The van der Waals surface area contributed by atoms with E-state index in [1.807, 2.05) is 0 Å². The van der Waals surface area contributed by atoms with Gasteiger partial charge < -0.3 is 4.74 Å². The summed E-state index contributed by atoms with van der Waals surface area (Å²) in [7, 11) is 0. The van der Waals surface area contributed by atoms with Gasteiger partial charge >= 0.3 is 0 Å². The molecule has 1 aliphatic rings. The number of aromatic nitrogens is 3. The Labute approximate surface area is 187 Å². The number of morpholine rings is 1. The van der Waals surface area contributed by atoms with Crippen molar-refractivity contribution in [3.63, 3.8) is 0 Å². The molecule has 0 N–H and O–H groups in total. The van der Waals surface area contributed by atoms with E-state index in [-0.39, 0.29) is 35.2 Å². The van der Waals surface area contributed by atoms with Gasteiger partial charge in [0.15, 0.2) is 10.9 Å². The lowest BCUT2D eigenvalue weighted by molar-refractivity contribution is -0.119. The first-order valence-electron chi connectivity index (χ1n) is 10.2.